The van der Waals surface area contributed by atoms with E-state index in [-0.39, 0.29) is 23.8 Å². The Kier molecular flexibility index (Phi) is 6.92. The molecule has 0 N–H and O–H groups in total. The smallest absolute Gasteiger partial charge is 0.276 e. The van der Waals surface area contributed by atoms with Gasteiger partial charge in [-0.15, -0.1) is 0 Å². The van der Waals surface area contributed by atoms with E-state index >= 15 is 0 Å². The molecule has 0 bridgehead atoms. The number of hydrogen-bond donors (Lipinski definition) is 0. The number of carbonyl (C=O) groups is 2. The first kappa shape index (κ1) is 21.8. The number of rotatable bonds is 5. The van der Waals surface area contributed by atoms with Crippen LogP contribution in [0.3, 0.4) is 0 Å². The van der Waals surface area contributed by atoms with Gasteiger partial charge >= 0.3 is 0 Å². The zero-order chi connectivity index (χ0) is 21.8. The third-order valence-electron chi connectivity index (χ3n) is 5.78. The lowest BCUT2D eigenvalue weighted by Gasteiger charge is -2.39. The van der Waals surface area contributed by atoms with Crippen LogP contribution in [0.25, 0.3) is 0 Å². The molecule has 1 aromatic heterocycles. The quantitative estimate of drug-likeness (QED) is 0.639. The van der Waals surface area contributed by atoms with Crippen LogP contribution in [0.4, 0.5) is 0 Å². The Balaban J connectivity index is 1.49. The highest BCUT2D eigenvalue weighted by Crippen LogP contribution is 2.29. The van der Waals surface area contributed by atoms with Crippen molar-refractivity contribution < 1.29 is 23.5 Å². The van der Waals surface area contributed by atoms with Crippen LogP contribution in [0.1, 0.15) is 29.1 Å². The molecule has 2 aliphatic heterocycles. The fourth-order valence-corrected chi connectivity index (χ4v) is 4.47. The van der Waals surface area contributed by atoms with Gasteiger partial charge in [-0.05, 0) is 25.1 Å². The van der Waals surface area contributed by atoms with Crippen LogP contribution in [-0.4, -0.2) is 72.1 Å². The summed E-state index contributed by atoms with van der Waals surface area (Å²) in [4.78, 5) is 33.6. The number of halogens is 1. The van der Waals surface area contributed by atoms with Gasteiger partial charge in [0.1, 0.15) is 17.6 Å². The van der Waals surface area contributed by atoms with E-state index in [1.807, 2.05) is 29.2 Å². The van der Waals surface area contributed by atoms with Crippen LogP contribution in [0.2, 0.25) is 0 Å². The summed E-state index contributed by atoms with van der Waals surface area (Å²) in [5, 5.41) is 0. The maximum absolute atomic E-state index is 13.0. The molecule has 0 saturated carbocycles. The molecule has 0 aliphatic carbocycles. The highest BCUT2D eigenvalue weighted by molar-refractivity contribution is 9.10. The number of hydrogen-bond acceptors (Lipinski definition) is 6. The Labute approximate surface area is 189 Å². The number of carbonyl (C=O) groups excluding carboxylic acids is 2. The molecule has 9 heteroatoms. The van der Waals surface area contributed by atoms with Gasteiger partial charge in [-0.2, -0.15) is 0 Å². The fourth-order valence-electron chi connectivity index (χ4n) is 4.09. The monoisotopic (exact) mass is 491 g/mol. The molecule has 2 saturated heterocycles. The van der Waals surface area contributed by atoms with Crippen LogP contribution >= 0.6 is 15.9 Å². The summed E-state index contributed by atoms with van der Waals surface area (Å²) in [6.45, 7) is 5.01. The Morgan fingerprint density at radius 1 is 1.23 bits per heavy atom. The number of morpholine rings is 1. The minimum absolute atomic E-state index is 0.0723. The second-order valence-corrected chi connectivity index (χ2v) is 8.78. The number of nitrogens with zero attached hydrogens (tertiary/aromatic N) is 3. The first-order chi connectivity index (χ1) is 15.0. The number of benzene rings is 1. The summed E-state index contributed by atoms with van der Waals surface area (Å²) in [6.07, 6.45) is 2.07. The second kappa shape index (κ2) is 9.82. The highest BCUT2D eigenvalue weighted by atomic mass is 79.9. The van der Waals surface area contributed by atoms with E-state index in [1.165, 1.54) is 6.39 Å². The second-order valence-electron chi connectivity index (χ2n) is 7.87. The first-order valence-corrected chi connectivity index (χ1v) is 11.3. The highest BCUT2D eigenvalue weighted by Gasteiger charge is 2.36. The van der Waals surface area contributed by atoms with Crippen molar-refractivity contribution in [2.75, 3.05) is 39.4 Å². The van der Waals surface area contributed by atoms with E-state index < -0.39 is 0 Å². The Morgan fingerprint density at radius 3 is 2.74 bits per heavy atom. The standard InChI is InChI=1S/C22H26BrN3O5/c1-15-21(24-14-30-15)22(28)26-6-5-19(31-18-4-2-3-17(23)12-18)16(13-26)11-20(27)25-7-9-29-10-8-25/h2-4,12,14,16,19H,5-11,13H2,1H3/t16-,19-/m0/s1. The van der Waals surface area contributed by atoms with Gasteiger partial charge in [0.25, 0.3) is 5.91 Å². The van der Waals surface area contributed by atoms with E-state index in [0.717, 1.165) is 10.2 Å². The average molecular weight is 492 g/mol. The van der Waals surface area contributed by atoms with E-state index in [0.29, 0.717) is 63.7 Å². The van der Waals surface area contributed by atoms with Gasteiger partial charge in [0, 0.05) is 49.4 Å². The lowest BCUT2D eigenvalue weighted by molar-refractivity contribution is -0.137. The molecule has 2 amide bonds. The normalized spacial score (nSPS) is 21.7. The van der Waals surface area contributed by atoms with Crippen molar-refractivity contribution in [1.82, 2.24) is 14.8 Å². The number of piperidine rings is 1. The van der Waals surface area contributed by atoms with Crippen LogP contribution in [0.5, 0.6) is 5.75 Å². The predicted octanol–water partition coefficient (Wildman–Crippen LogP) is 2.90. The third-order valence-corrected chi connectivity index (χ3v) is 6.28. The molecular formula is C22H26BrN3O5. The van der Waals surface area contributed by atoms with Gasteiger partial charge in [-0.1, -0.05) is 22.0 Å². The van der Waals surface area contributed by atoms with Gasteiger partial charge < -0.3 is 23.7 Å². The lowest BCUT2D eigenvalue weighted by Crippen LogP contribution is -2.50. The maximum Gasteiger partial charge on any atom is 0.276 e. The van der Waals surface area contributed by atoms with Gasteiger partial charge in [0.15, 0.2) is 12.1 Å². The van der Waals surface area contributed by atoms with Crippen molar-refractivity contribution in [3.63, 3.8) is 0 Å². The van der Waals surface area contributed by atoms with Crippen molar-refractivity contribution in [1.29, 1.82) is 0 Å². The Morgan fingerprint density at radius 2 is 2.03 bits per heavy atom. The molecule has 31 heavy (non-hydrogen) atoms. The van der Waals surface area contributed by atoms with E-state index in [4.69, 9.17) is 13.9 Å². The molecule has 3 heterocycles. The molecule has 1 aromatic carbocycles. The number of oxazole rings is 1. The number of ether oxygens (including phenoxy) is 2. The fraction of sp³-hybridized carbons (Fsp3) is 0.500. The molecule has 2 atom stereocenters. The summed E-state index contributed by atoms with van der Waals surface area (Å²) < 4.78 is 17.8. The zero-order valence-corrected chi connectivity index (χ0v) is 19.0. The van der Waals surface area contributed by atoms with Crippen LogP contribution in [-0.2, 0) is 9.53 Å². The van der Waals surface area contributed by atoms with Crippen molar-refractivity contribution in [3.05, 3.63) is 46.6 Å². The van der Waals surface area contributed by atoms with Gasteiger partial charge in [-0.3, -0.25) is 9.59 Å². The topological polar surface area (TPSA) is 85.1 Å². The molecule has 0 radical (unpaired) electrons. The largest absolute Gasteiger partial charge is 0.490 e. The number of aryl methyl sites for hydroxylation is 1. The summed E-state index contributed by atoms with van der Waals surface area (Å²) >= 11 is 3.47. The molecule has 0 spiro atoms. The molecule has 0 unspecified atom stereocenters. The molecule has 2 fully saturated rings. The van der Waals surface area contributed by atoms with E-state index in [1.54, 1.807) is 11.8 Å². The predicted molar refractivity (Wildman–Crippen MR) is 116 cm³/mol. The molecule has 166 valence electrons. The summed E-state index contributed by atoms with van der Waals surface area (Å²) in [5.41, 5.74) is 0.324. The van der Waals surface area contributed by atoms with E-state index in [9.17, 15) is 9.59 Å². The summed E-state index contributed by atoms with van der Waals surface area (Å²) in [7, 11) is 0. The van der Waals surface area contributed by atoms with Crippen molar-refractivity contribution >= 4 is 27.7 Å². The van der Waals surface area contributed by atoms with E-state index in [2.05, 4.69) is 20.9 Å². The molecule has 8 nitrogen and oxygen atoms in total. The summed E-state index contributed by atoms with van der Waals surface area (Å²) in [6, 6.07) is 7.67. The van der Waals surface area contributed by atoms with Crippen LogP contribution in [0, 0.1) is 12.8 Å². The minimum Gasteiger partial charge on any atom is -0.490 e. The summed E-state index contributed by atoms with van der Waals surface area (Å²) in [5.74, 6) is 1.02. The SMILES string of the molecule is Cc1ocnc1C(=O)N1CC[C@H](Oc2cccc(Br)c2)[C@@H](CC(=O)N2CCOCC2)C1. The molecular weight excluding hydrogens is 466 g/mol. The number of likely N-dealkylation sites (tertiary alicyclic amines) is 1. The van der Waals surface area contributed by atoms with Crippen LogP contribution in [0.15, 0.2) is 39.5 Å². The lowest BCUT2D eigenvalue weighted by atomic mass is 9.90. The molecule has 4 rings (SSSR count). The zero-order valence-electron chi connectivity index (χ0n) is 17.5. The van der Waals surface area contributed by atoms with Crippen LogP contribution < -0.4 is 4.74 Å². The van der Waals surface area contributed by atoms with Gasteiger partial charge in [0.05, 0.1) is 13.2 Å². The van der Waals surface area contributed by atoms with Crippen molar-refractivity contribution in [3.8, 4) is 5.75 Å². The first-order valence-electron chi connectivity index (χ1n) is 10.5. The molecule has 2 aliphatic rings. The van der Waals surface area contributed by atoms with Crippen molar-refractivity contribution in [2.45, 2.75) is 25.9 Å². The van der Waals surface area contributed by atoms with Gasteiger partial charge in [0.2, 0.25) is 5.91 Å². The maximum atomic E-state index is 13.0. The number of aromatic nitrogens is 1. The molecule has 2 aromatic rings. The third kappa shape index (κ3) is 5.27. The number of amides is 2. The van der Waals surface area contributed by atoms with Gasteiger partial charge in [-0.25, -0.2) is 4.98 Å². The Hall–Kier alpha value is -2.39. The van der Waals surface area contributed by atoms with Crippen molar-refractivity contribution in [2.24, 2.45) is 5.92 Å². The average Bonchev–Trinajstić information content (AvgIpc) is 3.21. The Bertz CT molecular complexity index is 927. The minimum atomic E-state index is -0.170.